The molecule has 4 rings (SSSR count). The summed E-state index contributed by atoms with van der Waals surface area (Å²) in [5.41, 5.74) is 0.968. The number of nitrogens with zero attached hydrogens (tertiary/aromatic N) is 2. The van der Waals surface area contributed by atoms with Crippen LogP contribution in [0, 0.1) is 0 Å². The molecule has 168 valence electrons. The smallest absolute Gasteiger partial charge is 0.295 e. The zero-order valence-electron chi connectivity index (χ0n) is 18.0. The molecule has 7 nitrogen and oxygen atoms in total. The van der Waals surface area contributed by atoms with Crippen molar-refractivity contribution in [3.05, 3.63) is 58.4 Å². The van der Waals surface area contributed by atoms with E-state index in [9.17, 15) is 14.7 Å². The normalized spacial score (nSPS) is 21.1. The first-order valence-electron chi connectivity index (χ1n) is 10.6. The molecule has 1 aromatic carbocycles. The predicted octanol–water partition coefficient (Wildman–Crippen LogP) is 4.51. The molecule has 2 aliphatic rings. The number of aliphatic hydroxyl groups is 1. The van der Waals surface area contributed by atoms with Gasteiger partial charge in [0.1, 0.15) is 17.3 Å². The Balaban J connectivity index is 1.92. The first kappa shape index (κ1) is 22.1. The number of benzene rings is 1. The summed E-state index contributed by atoms with van der Waals surface area (Å²) >= 11 is 6.21. The van der Waals surface area contributed by atoms with Crippen LogP contribution in [0.5, 0.6) is 11.5 Å². The van der Waals surface area contributed by atoms with Crippen molar-refractivity contribution in [1.29, 1.82) is 0 Å². The van der Waals surface area contributed by atoms with Crippen LogP contribution < -0.4 is 9.47 Å². The molecular weight excluding hydrogens is 432 g/mol. The van der Waals surface area contributed by atoms with Gasteiger partial charge in [-0.15, -0.1) is 0 Å². The van der Waals surface area contributed by atoms with E-state index in [-0.39, 0.29) is 28.7 Å². The van der Waals surface area contributed by atoms with E-state index >= 15 is 0 Å². The molecule has 2 heterocycles. The summed E-state index contributed by atoms with van der Waals surface area (Å²) in [5.74, 6) is -1.05. The van der Waals surface area contributed by atoms with Crippen LogP contribution in [0.4, 0.5) is 0 Å². The van der Waals surface area contributed by atoms with Gasteiger partial charge in [0.15, 0.2) is 0 Å². The van der Waals surface area contributed by atoms with Gasteiger partial charge in [0.25, 0.3) is 11.7 Å². The number of rotatable bonds is 5. The largest absolute Gasteiger partial charge is 0.507 e. The average molecular weight is 457 g/mol. The van der Waals surface area contributed by atoms with Gasteiger partial charge in [-0.1, -0.05) is 30.9 Å². The number of halogens is 1. The number of aliphatic hydroxyl groups excluding tert-OH is 1. The minimum Gasteiger partial charge on any atom is -0.507 e. The maximum absolute atomic E-state index is 13.3. The number of amides is 1. The monoisotopic (exact) mass is 456 g/mol. The Hall–Kier alpha value is -3.06. The predicted molar refractivity (Wildman–Crippen MR) is 120 cm³/mol. The van der Waals surface area contributed by atoms with E-state index in [1.54, 1.807) is 29.4 Å². The van der Waals surface area contributed by atoms with Crippen molar-refractivity contribution in [3.8, 4) is 11.5 Å². The minimum absolute atomic E-state index is 0.0226. The first-order valence-corrected chi connectivity index (χ1v) is 11.0. The summed E-state index contributed by atoms with van der Waals surface area (Å²) in [5, 5.41) is 11.7. The van der Waals surface area contributed by atoms with Crippen molar-refractivity contribution < 1.29 is 24.2 Å². The summed E-state index contributed by atoms with van der Waals surface area (Å²) in [6.07, 6.45) is 7.99. The van der Waals surface area contributed by atoms with Gasteiger partial charge in [-0.25, -0.2) is 0 Å². The number of pyridine rings is 1. The van der Waals surface area contributed by atoms with Crippen LogP contribution in [0.25, 0.3) is 5.76 Å². The van der Waals surface area contributed by atoms with Crippen molar-refractivity contribution in [2.45, 2.75) is 44.2 Å². The van der Waals surface area contributed by atoms with Crippen molar-refractivity contribution in [1.82, 2.24) is 9.88 Å². The van der Waals surface area contributed by atoms with Crippen molar-refractivity contribution in [2.24, 2.45) is 0 Å². The number of aromatic nitrogens is 1. The Morgan fingerprint density at radius 3 is 2.34 bits per heavy atom. The van der Waals surface area contributed by atoms with Crippen molar-refractivity contribution >= 4 is 29.1 Å². The summed E-state index contributed by atoms with van der Waals surface area (Å²) in [6.45, 7) is 0. The van der Waals surface area contributed by atoms with E-state index in [4.69, 9.17) is 21.1 Å². The molecule has 0 spiro atoms. The minimum atomic E-state index is -0.717. The van der Waals surface area contributed by atoms with Crippen LogP contribution in [0.15, 0.2) is 42.2 Å². The lowest BCUT2D eigenvalue weighted by Crippen LogP contribution is -2.40. The van der Waals surface area contributed by atoms with Gasteiger partial charge >= 0.3 is 0 Å². The Bertz CT molecular complexity index is 1060. The van der Waals surface area contributed by atoms with Crippen LogP contribution in [0.1, 0.15) is 49.3 Å². The van der Waals surface area contributed by atoms with E-state index in [1.165, 1.54) is 26.4 Å². The molecule has 8 heteroatoms. The lowest BCUT2D eigenvalue weighted by atomic mass is 9.91. The molecule has 1 atom stereocenters. The first-order chi connectivity index (χ1) is 15.5. The second-order valence-corrected chi connectivity index (χ2v) is 8.37. The number of methoxy groups -OCH3 is 2. The summed E-state index contributed by atoms with van der Waals surface area (Å²) in [4.78, 5) is 32.2. The van der Waals surface area contributed by atoms with Gasteiger partial charge in [-0.05, 0) is 36.6 Å². The van der Waals surface area contributed by atoms with Gasteiger partial charge in [0, 0.05) is 24.5 Å². The zero-order chi connectivity index (χ0) is 22.8. The highest BCUT2D eigenvalue weighted by atomic mass is 35.5. The molecule has 0 radical (unpaired) electrons. The molecule has 0 bridgehead atoms. The number of hydrogen-bond acceptors (Lipinski definition) is 6. The second-order valence-electron chi connectivity index (χ2n) is 7.97. The SMILES string of the molecule is COc1cc(/C(O)=C2\C(=O)C(=O)N(C3CCCCC3)C2c2ccncc2)c(OC)cc1Cl. The van der Waals surface area contributed by atoms with Gasteiger partial charge < -0.3 is 19.5 Å². The molecule has 1 aliphatic carbocycles. The van der Waals surface area contributed by atoms with Gasteiger partial charge in [-0.2, -0.15) is 0 Å². The molecule has 32 heavy (non-hydrogen) atoms. The Morgan fingerprint density at radius 1 is 1.06 bits per heavy atom. The van der Waals surface area contributed by atoms with E-state index in [0.29, 0.717) is 16.3 Å². The summed E-state index contributed by atoms with van der Waals surface area (Å²) < 4.78 is 10.7. The summed E-state index contributed by atoms with van der Waals surface area (Å²) in [6, 6.07) is 5.76. The fraction of sp³-hybridized carbons (Fsp3) is 0.375. The molecule has 1 N–H and O–H groups in total. The van der Waals surface area contributed by atoms with E-state index < -0.39 is 17.7 Å². The van der Waals surface area contributed by atoms with Crippen molar-refractivity contribution in [2.75, 3.05) is 14.2 Å². The van der Waals surface area contributed by atoms with Crippen LogP contribution in [-0.4, -0.2) is 46.9 Å². The highest BCUT2D eigenvalue weighted by molar-refractivity contribution is 6.46. The third-order valence-corrected chi connectivity index (χ3v) is 6.49. The van der Waals surface area contributed by atoms with E-state index in [2.05, 4.69) is 4.98 Å². The molecule has 1 unspecified atom stereocenters. The highest BCUT2D eigenvalue weighted by Crippen LogP contribution is 2.45. The number of Topliss-reactive ketones (excluding diaryl/α,β-unsaturated/α-hetero) is 1. The van der Waals surface area contributed by atoms with Crippen molar-refractivity contribution in [3.63, 3.8) is 0 Å². The van der Waals surface area contributed by atoms with Gasteiger partial charge in [0.2, 0.25) is 0 Å². The fourth-order valence-corrected chi connectivity index (χ4v) is 4.88. The molecule has 1 amide bonds. The van der Waals surface area contributed by atoms with Crippen LogP contribution in [-0.2, 0) is 9.59 Å². The number of carbonyl (C=O) groups excluding carboxylic acids is 2. The maximum Gasteiger partial charge on any atom is 0.295 e. The highest BCUT2D eigenvalue weighted by Gasteiger charge is 2.49. The lowest BCUT2D eigenvalue weighted by Gasteiger charge is -2.35. The van der Waals surface area contributed by atoms with Gasteiger partial charge in [-0.3, -0.25) is 14.6 Å². The van der Waals surface area contributed by atoms with Crippen LogP contribution >= 0.6 is 11.6 Å². The second kappa shape index (κ2) is 9.20. The number of carbonyl (C=O) groups is 2. The van der Waals surface area contributed by atoms with E-state index in [1.807, 2.05) is 0 Å². The Kier molecular flexibility index (Phi) is 6.37. The third-order valence-electron chi connectivity index (χ3n) is 6.20. The number of likely N-dealkylation sites (tertiary alicyclic amines) is 1. The standard InChI is InChI=1S/C24H25ClN2O5/c1-31-18-13-17(25)19(32-2)12-16(18)22(28)20-21(14-8-10-26-11-9-14)27(24(30)23(20)29)15-6-4-3-5-7-15/h8-13,15,21,28H,3-7H2,1-2H3/b22-20+. The number of hydrogen-bond donors (Lipinski definition) is 1. The quantitative estimate of drug-likeness (QED) is 0.404. The molecule has 1 aromatic heterocycles. The summed E-state index contributed by atoms with van der Waals surface area (Å²) in [7, 11) is 2.90. The Labute approximate surface area is 191 Å². The van der Waals surface area contributed by atoms with Crippen LogP contribution in [0.3, 0.4) is 0 Å². The number of ether oxygens (including phenoxy) is 2. The zero-order valence-corrected chi connectivity index (χ0v) is 18.8. The molecule has 1 aliphatic heterocycles. The molecule has 1 saturated heterocycles. The lowest BCUT2D eigenvalue weighted by molar-refractivity contribution is -0.141. The number of ketones is 1. The topological polar surface area (TPSA) is 89.0 Å². The fourth-order valence-electron chi connectivity index (χ4n) is 4.65. The molecule has 2 fully saturated rings. The average Bonchev–Trinajstić information content (AvgIpc) is 3.10. The molecule has 2 aromatic rings. The molecular formula is C24H25ClN2O5. The maximum atomic E-state index is 13.3. The van der Waals surface area contributed by atoms with Crippen LogP contribution in [0.2, 0.25) is 5.02 Å². The van der Waals surface area contributed by atoms with Gasteiger partial charge in [0.05, 0.1) is 36.4 Å². The third kappa shape index (κ3) is 3.81. The van der Waals surface area contributed by atoms with E-state index in [0.717, 1.165) is 32.1 Å². The Morgan fingerprint density at radius 2 is 1.72 bits per heavy atom. The molecule has 1 saturated carbocycles.